The second-order valence-electron chi connectivity index (χ2n) is 3.48. The topological polar surface area (TPSA) is 20.2 Å². The molecule has 0 aromatic carbocycles. The van der Waals surface area contributed by atoms with Crippen molar-refractivity contribution < 1.29 is 5.11 Å². The molecule has 1 aliphatic rings. The molecule has 62 valence electrons. The van der Waals surface area contributed by atoms with Crippen LogP contribution in [-0.4, -0.2) is 11.2 Å². The van der Waals surface area contributed by atoms with Crippen molar-refractivity contribution in [1.82, 2.24) is 0 Å². The van der Waals surface area contributed by atoms with Crippen molar-refractivity contribution in [2.24, 2.45) is 0 Å². The molecule has 1 N–H and O–H groups in total. The number of aliphatic hydroxyl groups excluding tert-OH is 1. The molecule has 1 fully saturated rings. The summed E-state index contributed by atoms with van der Waals surface area (Å²) < 4.78 is 0. The van der Waals surface area contributed by atoms with Gasteiger partial charge in [0.2, 0.25) is 0 Å². The summed E-state index contributed by atoms with van der Waals surface area (Å²) in [6, 6.07) is 0. The quantitative estimate of drug-likeness (QED) is 0.528. The summed E-state index contributed by atoms with van der Waals surface area (Å²) in [5.74, 6) is 0. The van der Waals surface area contributed by atoms with Gasteiger partial charge < -0.3 is 5.11 Å². The van der Waals surface area contributed by atoms with Crippen molar-refractivity contribution in [3.8, 4) is 0 Å². The van der Waals surface area contributed by atoms with Gasteiger partial charge in [0.05, 0.1) is 6.10 Å². The van der Waals surface area contributed by atoms with E-state index < -0.39 is 0 Å². The maximum atomic E-state index is 9.46. The summed E-state index contributed by atoms with van der Waals surface area (Å²) in [5, 5.41) is 9.46. The van der Waals surface area contributed by atoms with Crippen molar-refractivity contribution >= 4 is 0 Å². The van der Waals surface area contributed by atoms with Crippen LogP contribution in [0.25, 0.3) is 0 Å². The SMILES string of the molecule is C=C1CCC(=C(C)C)CC1O. The monoisotopic (exact) mass is 152 g/mol. The molecule has 0 aromatic rings. The molecule has 11 heavy (non-hydrogen) atoms. The van der Waals surface area contributed by atoms with Crippen LogP contribution in [-0.2, 0) is 0 Å². The van der Waals surface area contributed by atoms with Crippen molar-refractivity contribution in [3.05, 3.63) is 23.3 Å². The first-order valence-electron chi connectivity index (χ1n) is 4.12. The number of hydrogen-bond donors (Lipinski definition) is 1. The van der Waals surface area contributed by atoms with Gasteiger partial charge in [-0.25, -0.2) is 0 Å². The van der Waals surface area contributed by atoms with Gasteiger partial charge in [-0.2, -0.15) is 0 Å². The van der Waals surface area contributed by atoms with Crippen LogP contribution in [0.4, 0.5) is 0 Å². The van der Waals surface area contributed by atoms with Crippen LogP contribution >= 0.6 is 0 Å². The average molecular weight is 152 g/mol. The summed E-state index contributed by atoms with van der Waals surface area (Å²) in [6.07, 6.45) is 2.58. The molecule has 1 heteroatoms. The minimum Gasteiger partial charge on any atom is -0.388 e. The Labute approximate surface area is 68.4 Å². The summed E-state index contributed by atoms with van der Waals surface area (Å²) in [5.41, 5.74) is 3.76. The molecule has 1 unspecified atom stereocenters. The maximum absolute atomic E-state index is 9.46. The molecule has 1 atom stereocenters. The Morgan fingerprint density at radius 1 is 1.45 bits per heavy atom. The van der Waals surface area contributed by atoms with Crippen molar-refractivity contribution in [2.45, 2.75) is 39.2 Å². The first-order chi connectivity index (χ1) is 5.11. The lowest BCUT2D eigenvalue weighted by Crippen LogP contribution is -2.16. The van der Waals surface area contributed by atoms with Crippen LogP contribution in [0.15, 0.2) is 23.3 Å². The lowest BCUT2D eigenvalue weighted by molar-refractivity contribution is 0.197. The van der Waals surface area contributed by atoms with Crippen LogP contribution in [0.5, 0.6) is 0 Å². The van der Waals surface area contributed by atoms with E-state index in [2.05, 4.69) is 20.4 Å². The molecule has 1 saturated carbocycles. The minimum atomic E-state index is -0.284. The van der Waals surface area contributed by atoms with E-state index in [0.717, 1.165) is 24.8 Å². The van der Waals surface area contributed by atoms with Gasteiger partial charge in [0, 0.05) is 0 Å². The Hall–Kier alpha value is -0.560. The zero-order valence-electron chi connectivity index (χ0n) is 7.35. The number of rotatable bonds is 0. The molecule has 0 saturated heterocycles. The Morgan fingerprint density at radius 2 is 2.09 bits per heavy atom. The second-order valence-corrected chi connectivity index (χ2v) is 3.48. The minimum absolute atomic E-state index is 0.284. The van der Waals surface area contributed by atoms with Crippen LogP contribution in [0.3, 0.4) is 0 Å². The van der Waals surface area contributed by atoms with E-state index in [0.29, 0.717) is 0 Å². The highest BCUT2D eigenvalue weighted by Crippen LogP contribution is 2.28. The van der Waals surface area contributed by atoms with E-state index in [1.54, 1.807) is 0 Å². The van der Waals surface area contributed by atoms with Crippen molar-refractivity contribution in [1.29, 1.82) is 0 Å². The Balaban J connectivity index is 2.67. The zero-order valence-corrected chi connectivity index (χ0v) is 7.35. The summed E-state index contributed by atoms with van der Waals surface area (Å²) in [4.78, 5) is 0. The van der Waals surface area contributed by atoms with E-state index in [4.69, 9.17) is 0 Å². The van der Waals surface area contributed by atoms with Crippen molar-refractivity contribution in [3.63, 3.8) is 0 Å². The highest BCUT2D eigenvalue weighted by molar-refractivity contribution is 5.21. The molecule has 0 amide bonds. The van der Waals surface area contributed by atoms with E-state index in [-0.39, 0.29) is 6.10 Å². The normalized spacial score (nSPS) is 25.5. The Bertz CT molecular complexity index is 197. The zero-order chi connectivity index (χ0) is 8.43. The Morgan fingerprint density at radius 3 is 2.55 bits per heavy atom. The lowest BCUT2D eigenvalue weighted by Gasteiger charge is -2.23. The van der Waals surface area contributed by atoms with E-state index in [1.807, 2.05) is 0 Å². The largest absolute Gasteiger partial charge is 0.388 e. The van der Waals surface area contributed by atoms with Crippen LogP contribution in [0.2, 0.25) is 0 Å². The molecule has 0 radical (unpaired) electrons. The van der Waals surface area contributed by atoms with Crippen LogP contribution in [0.1, 0.15) is 33.1 Å². The third-order valence-corrected chi connectivity index (χ3v) is 2.37. The predicted molar refractivity (Wildman–Crippen MR) is 47.4 cm³/mol. The summed E-state index contributed by atoms with van der Waals surface area (Å²) >= 11 is 0. The molecule has 0 aromatic heterocycles. The third-order valence-electron chi connectivity index (χ3n) is 2.37. The fourth-order valence-electron chi connectivity index (χ4n) is 1.41. The van der Waals surface area contributed by atoms with Crippen molar-refractivity contribution in [2.75, 3.05) is 0 Å². The second kappa shape index (κ2) is 3.22. The first kappa shape index (κ1) is 8.54. The molecule has 1 aliphatic carbocycles. The third kappa shape index (κ3) is 1.93. The van der Waals surface area contributed by atoms with E-state index >= 15 is 0 Å². The number of aliphatic hydroxyl groups is 1. The van der Waals surface area contributed by atoms with Crippen LogP contribution in [0, 0.1) is 0 Å². The standard InChI is InChI=1S/C10H16O/c1-7(2)9-5-4-8(3)10(11)6-9/h10-11H,3-6H2,1-2H3. The lowest BCUT2D eigenvalue weighted by atomic mass is 9.87. The fraction of sp³-hybridized carbons (Fsp3) is 0.600. The highest BCUT2D eigenvalue weighted by atomic mass is 16.3. The molecule has 1 nitrogen and oxygen atoms in total. The fourth-order valence-corrected chi connectivity index (χ4v) is 1.41. The molecule has 1 rings (SSSR count). The predicted octanol–water partition coefficient (Wildman–Crippen LogP) is 2.42. The van der Waals surface area contributed by atoms with Gasteiger partial charge in [-0.05, 0) is 38.7 Å². The van der Waals surface area contributed by atoms with Gasteiger partial charge in [-0.3, -0.25) is 0 Å². The Kier molecular flexibility index (Phi) is 2.50. The summed E-state index contributed by atoms with van der Waals surface area (Å²) in [7, 11) is 0. The van der Waals surface area contributed by atoms with E-state index in [1.165, 1.54) is 11.1 Å². The molecular formula is C10H16O. The average Bonchev–Trinajstić information content (AvgIpc) is 1.94. The molecule has 0 aliphatic heterocycles. The van der Waals surface area contributed by atoms with Gasteiger partial charge in [0.25, 0.3) is 0 Å². The van der Waals surface area contributed by atoms with E-state index in [9.17, 15) is 5.11 Å². The smallest absolute Gasteiger partial charge is 0.0784 e. The summed E-state index contributed by atoms with van der Waals surface area (Å²) in [6.45, 7) is 8.03. The molecule has 0 bridgehead atoms. The maximum Gasteiger partial charge on any atom is 0.0784 e. The first-order valence-corrected chi connectivity index (χ1v) is 4.12. The van der Waals surface area contributed by atoms with Gasteiger partial charge in [-0.1, -0.05) is 17.7 Å². The van der Waals surface area contributed by atoms with Crippen LogP contribution < -0.4 is 0 Å². The van der Waals surface area contributed by atoms with Gasteiger partial charge in [-0.15, -0.1) is 0 Å². The highest BCUT2D eigenvalue weighted by Gasteiger charge is 2.17. The number of allylic oxidation sites excluding steroid dienone is 1. The molecule has 0 spiro atoms. The molecular weight excluding hydrogens is 136 g/mol. The van der Waals surface area contributed by atoms with Gasteiger partial charge >= 0.3 is 0 Å². The van der Waals surface area contributed by atoms with Gasteiger partial charge in [0.1, 0.15) is 0 Å². The number of hydrogen-bond acceptors (Lipinski definition) is 1. The molecule has 0 heterocycles. The van der Waals surface area contributed by atoms with Gasteiger partial charge in [0.15, 0.2) is 0 Å².